The van der Waals surface area contributed by atoms with Gasteiger partial charge in [0.15, 0.2) is 0 Å². The van der Waals surface area contributed by atoms with E-state index in [1.54, 1.807) is 18.7 Å². The van der Waals surface area contributed by atoms with E-state index in [0.717, 1.165) is 16.7 Å². The van der Waals surface area contributed by atoms with Crippen LogP contribution < -0.4 is 20.7 Å². The smallest absolute Gasteiger partial charge is 0.410 e. The number of carbonyl (C=O) groups is 5. The van der Waals surface area contributed by atoms with Crippen molar-refractivity contribution in [3.63, 3.8) is 0 Å². The van der Waals surface area contributed by atoms with Crippen molar-refractivity contribution in [2.75, 3.05) is 6.54 Å². The van der Waals surface area contributed by atoms with Gasteiger partial charge in [-0.1, -0.05) is 50.3 Å². The largest absolute Gasteiger partial charge is 0.444 e. The Morgan fingerprint density at radius 2 is 1.88 bits per heavy atom. The molecule has 2 aliphatic carbocycles. The van der Waals surface area contributed by atoms with Crippen molar-refractivity contribution in [1.29, 1.82) is 0 Å². The van der Waals surface area contributed by atoms with Gasteiger partial charge in [-0.2, -0.15) is 0 Å². The van der Waals surface area contributed by atoms with Gasteiger partial charge >= 0.3 is 12.1 Å². The number of nitrogens with zero attached hydrogens (tertiary/aromatic N) is 2. The standard InChI is InChI=1S/C36H48N6O8S/c1-6-24-17-36(24,32(45)40-51(48,49)26-13-14-26)38-30(43)28-16-25-19-42(28)31(44)29(21(2)3)37-33(46)39-35(4,5)15-8-7-10-22-11-9-12-23-18-41(20-27(22)23)34(47)50-25/h6-7,9-12,21,24-26,28-29H,1,8,13-20H2,2-5H3,(H,38,43)(H,40,45)(H2,37,39,46)/b10-7+/t24-,25-,28+,29+,36-/m1/s1. The zero-order valence-electron chi connectivity index (χ0n) is 29.6. The zero-order chi connectivity index (χ0) is 36.9. The number of allylic oxidation sites excluding steroid dienone is 1. The molecule has 4 bridgehead atoms. The second-order valence-corrected chi connectivity index (χ2v) is 17.4. The number of sulfonamides is 1. The van der Waals surface area contributed by atoms with Gasteiger partial charge in [-0.05, 0) is 68.6 Å². The average molecular weight is 725 g/mol. The van der Waals surface area contributed by atoms with Crippen LogP contribution in [0.25, 0.3) is 6.08 Å². The number of hydrogen-bond acceptors (Lipinski definition) is 8. The van der Waals surface area contributed by atoms with Crippen molar-refractivity contribution in [2.24, 2.45) is 11.8 Å². The molecule has 276 valence electrons. The summed E-state index contributed by atoms with van der Waals surface area (Å²) < 4.78 is 33.4. The summed E-state index contributed by atoms with van der Waals surface area (Å²) in [6, 6.07) is 3.12. The lowest BCUT2D eigenvalue weighted by Crippen LogP contribution is -2.60. The van der Waals surface area contributed by atoms with Crippen LogP contribution in [-0.4, -0.2) is 89.1 Å². The number of hydrogen-bond donors (Lipinski definition) is 4. The lowest BCUT2D eigenvalue weighted by molar-refractivity contribution is -0.141. The fourth-order valence-corrected chi connectivity index (χ4v) is 8.60. The molecule has 5 aliphatic rings. The molecule has 6 amide bonds. The average Bonchev–Trinajstić information content (AvgIpc) is 3.95. The van der Waals surface area contributed by atoms with Gasteiger partial charge in [-0.3, -0.25) is 24.0 Å². The molecule has 15 heteroatoms. The van der Waals surface area contributed by atoms with Gasteiger partial charge in [-0.15, -0.1) is 6.58 Å². The summed E-state index contributed by atoms with van der Waals surface area (Å²) in [5.74, 6) is -3.03. The van der Waals surface area contributed by atoms with Crippen molar-refractivity contribution < 1.29 is 37.1 Å². The Labute approximate surface area is 298 Å². The lowest BCUT2D eigenvalue weighted by Gasteiger charge is -2.32. The van der Waals surface area contributed by atoms with E-state index in [1.165, 1.54) is 11.0 Å². The van der Waals surface area contributed by atoms with Gasteiger partial charge in [0.25, 0.3) is 5.91 Å². The molecule has 4 N–H and O–H groups in total. The van der Waals surface area contributed by atoms with Gasteiger partial charge < -0.3 is 25.6 Å². The fourth-order valence-electron chi connectivity index (χ4n) is 7.24. The van der Waals surface area contributed by atoms with Crippen molar-refractivity contribution in [2.45, 2.75) is 114 Å². The van der Waals surface area contributed by atoms with Crippen molar-refractivity contribution in [3.05, 3.63) is 53.6 Å². The maximum absolute atomic E-state index is 14.3. The molecular formula is C36H48N6O8S. The minimum absolute atomic E-state index is 0.0705. The molecule has 0 radical (unpaired) electrons. The van der Waals surface area contributed by atoms with Crippen LogP contribution in [0, 0.1) is 11.8 Å². The number of rotatable bonds is 7. The van der Waals surface area contributed by atoms with E-state index in [1.807, 2.05) is 44.2 Å². The zero-order valence-corrected chi connectivity index (χ0v) is 30.4. The van der Waals surface area contributed by atoms with E-state index in [9.17, 15) is 32.4 Å². The molecule has 14 nitrogen and oxygen atoms in total. The predicted octanol–water partition coefficient (Wildman–Crippen LogP) is 2.69. The number of fused-ring (bicyclic) bond motifs is 3. The quantitative estimate of drug-likeness (QED) is 0.310. The van der Waals surface area contributed by atoms with Gasteiger partial charge in [-0.25, -0.2) is 18.0 Å². The highest BCUT2D eigenvalue weighted by molar-refractivity contribution is 7.91. The normalized spacial score (nSPS) is 29.9. The molecule has 3 aliphatic heterocycles. The second kappa shape index (κ2) is 13.6. The van der Waals surface area contributed by atoms with Crippen LogP contribution in [-0.2, 0) is 42.2 Å². The van der Waals surface area contributed by atoms with E-state index in [0.29, 0.717) is 38.8 Å². The Morgan fingerprint density at radius 1 is 1.14 bits per heavy atom. The Hall–Kier alpha value is -4.40. The number of carbonyl (C=O) groups excluding carboxylic acids is 5. The summed E-state index contributed by atoms with van der Waals surface area (Å²) in [4.78, 5) is 71.6. The third-order valence-electron chi connectivity index (χ3n) is 10.5. The number of amides is 6. The lowest BCUT2D eigenvalue weighted by atomic mass is 9.97. The van der Waals surface area contributed by atoms with Gasteiger partial charge in [0.2, 0.25) is 21.8 Å². The van der Waals surface area contributed by atoms with Gasteiger partial charge in [0, 0.05) is 24.4 Å². The fraction of sp³-hybridized carbons (Fsp3) is 0.583. The van der Waals surface area contributed by atoms with E-state index >= 15 is 0 Å². The first-order chi connectivity index (χ1) is 24.0. The highest BCUT2D eigenvalue weighted by Crippen LogP contribution is 2.45. The minimum atomic E-state index is -3.90. The molecule has 6 rings (SSSR count). The van der Waals surface area contributed by atoms with Crippen LogP contribution in [0.1, 0.15) is 82.9 Å². The van der Waals surface area contributed by atoms with Gasteiger partial charge in [0.1, 0.15) is 23.7 Å². The second-order valence-electron chi connectivity index (χ2n) is 15.4. The van der Waals surface area contributed by atoms with Crippen LogP contribution in [0.15, 0.2) is 36.9 Å². The molecule has 51 heavy (non-hydrogen) atoms. The Morgan fingerprint density at radius 3 is 2.55 bits per heavy atom. The topological polar surface area (TPSA) is 183 Å². The van der Waals surface area contributed by atoms with Crippen molar-refractivity contribution in [3.8, 4) is 0 Å². The molecule has 2 saturated carbocycles. The van der Waals surface area contributed by atoms with E-state index in [2.05, 4.69) is 27.3 Å². The molecule has 1 aromatic rings. The van der Waals surface area contributed by atoms with Crippen LogP contribution in [0.3, 0.4) is 0 Å². The van der Waals surface area contributed by atoms with Crippen LogP contribution in [0.2, 0.25) is 0 Å². The Kier molecular flexibility index (Phi) is 9.72. The summed E-state index contributed by atoms with van der Waals surface area (Å²) in [7, 11) is -3.90. The predicted molar refractivity (Wildman–Crippen MR) is 188 cm³/mol. The molecular weight excluding hydrogens is 676 g/mol. The third-order valence-corrected chi connectivity index (χ3v) is 12.4. The first kappa shape index (κ1) is 36.4. The summed E-state index contributed by atoms with van der Waals surface area (Å²) in [6.07, 6.45) is 6.33. The third kappa shape index (κ3) is 7.63. The maximum Gasteiger partial charge on any atom is 0.410 e. The molecule has 0 unspecified atom stereocenters. The van der Waals surface area contributed by atoms with Crippen LogP contribution in [0.5, 0.6) is 0 Å². The first-order valence-corrected chi connectivity index (χ1v) is 19.2. The number of urea groups is 1. The van der Waals surface area contributed by atoms with Crippen LogP contribution >= 0.6 is 0 Å². The highest BCUT2D eigenvalue weighted by Gasteiger charge is 2.62. The molecule has 5 atom stereocenters. The summed E-state index contributed by atoms with van der Waals surface area (Å²) in [5, 5.41) is 7.88. The number of benzene rings is 1. The Balaban J connectivity index is 1.28. The maximum atomic E-state index is 14.3. The first-order valence-electron chi connectivity index (χ1n) is 17.7. The van der Waals surface area contributed by atoms with Crippen molar-refractivity contribution >= 4 is 45.9 Å². The molecule has 3 heterocycles. The van der Waals surface area contributed by atoms with Gasteiger partial charge in [0.05, 0.1) is 18.3 Å². The summed E-state index contributed by atoms with van der Waals surface area (Å²) in [6.45, 7) is 11.6. The molecule has 0 spiro atoms. The van der Waals surface area contributed by atoms with E-state index in [4.69, 9.17) is 4.74 Å². The monoisotopic (exact) mass is 724 g/mol. The number of nitrogens with one attached hydrogen (secondary N) is 4. The molecule has 3 fully saturated rings. The highest BCUT2D eigenvalue weighted by atomic mass is 32.2. The van der Waals surface area contributed by atoms with E-state index in [-0.39, 0.29) is 25.3 Å². The SMILES string of the molecule is C=C[C@@H]1C[C@]1(NC(=O)[C@@H]1C[C@@H]2CN1C(=O)[C@H](C(C)C)NC(=O)NC(C)(C)CC/C=C/c1cccc3c1CN(C3)C(=O)O2)C(=O)NS(=O)(=O)C1CC1. The summed E-state index contributed by atoms with van der Waals surface area (Å²) >= 11 is 0. The van der Waals surface area contributed by atoms with Crippen molar-refractivity contribution in [1.82, 2.24) is 30.5 Å². The molecule has 1 aromatic carbocycles. The minimum Gasteiger partial charge on any atom is -0.444 e. The van der Waals surface area contributed by atoms with Crippen LogP contribution in [0.4, 0.5) is 9.59 Å². The molecule has 1 saturated heterocycles. The van der Waals surface area contributed by atoms with E-state index < -0.39 is 80.3 Å². The molecule has 0 aromatic heterocycles. The Bertz CT molecular complexity index is 1770. The number of ether oxygens (including phenoxy) is 1. The summed E-state index contributed by atoms with van der Waals surface area (Å²) in [5.41, 5.74) is 0.806.